The summed E-state index contributed by atoms with van der Waals surface area (Å²) < 4.78 is 27.4. The molecule has 0 spiro atoms. The van der Waals surface area contributed by atoms with E-state index in [1.165, 1.54) is 12.3 Å². The lowest BCUT2D eigenvalue weighted by Crippen LogP contribution is -2.51. The second-order valence-corrected chi connectivity index (χ2v) is 10.2. The average molecular weight is 518 g/mol. The van der Waals surface area contributed by atoms with E-state index in [4.69, 9.17) is 0 Å². The van der Waals surface area contributed by atoms with Crippen molar-refractivity contribution in [3.8, 4) is 11.3 Å². The van der Waals surface area contributed by atoms with Crippen molar-refractivity contribution in [2.24, 2.45) is 5.92 Å². The zero-order valence-electron chi connectivity index (χ0n) is 21.9. The molecule has 0 unspecified atom stereocenters. The first-order chi connectivity index (χ1) is 17.5. The van der Waals surface area contributed by atoms with Crippen LogP contribution in [0.25, 0.3) is 11.3 Å². The Bertz CT molecular complexity index is 1100. The summed E-state index contributed by atoms with van der Waals surface area (Å²) in [4.78, 5) is 47.8. The summed E-state index contributed by atoms with van der Waals surface area (Å²) >= 11 is 0. The van der Waals surface area contributed by atoms with E-state index in [1.807, 2.05) is 20.8 Å². The van der Waals surface area contributed by atoms with Gasteiger partial charge in [-0.25, -0.2) is 13.8 Å². The van der Waals surface area contributed by atoms with Crippen molar-refractivity contribution in [3.05, 3.63) is 41.9 Å². The van der Waals surface area contributed by atoms with Crippen LogP contribution in [0.2, 0.25) is 0 Å². The number of amides is 3. The van der Waals surface area contributed by atoms with Crippen molar-refractivity contribution >= 4 is 17.7 Å². The van der Waals surface area contributed by atoms with E-state index in [0.717, 1.165) is 31.4 Å². The largest absolute Gasteiger partial charge is 0.345 e. The molecule has 0 aliphatic carbocycles. The molecule has 3 amide bonds. The lowest BCUT2D eigenvalue weighted by molar-refractivity contribution is -0.138. The highest BCUT2D eigenvalue weighted by molar-refractivity contribution is 5.92. The van der Waals surface area contributed by atoms with Gasteiger partial charge in [0.25, 0.3) is 0 Å². The van der Waals surface area contributed by atoms with Gasteiger partial charge in [0.2, 0.25) is 17.7 Å². The maximum absolute atomic E-state index is 14.2. The third-order valence-electron chi connectivity index (χ3n) is 6.69. The quantitative estimate of drug-likeness (QED) is 0.438. The summed E-state index contributed by atoms with van der Waals surface area (Å²) in [7, 11) is 0. The molecule has 2 heterocycles. The zero-order chi connectivity index (χ0) is 27.1. The standard InChI is InChI=1S/C27H37F2N5O3/c1-16(2)8-11-24(35)32-22(14-25(36)34-12-6-5-7-17(34)3)27(37)31-18(4)26-30-15-23(33-26)20-10-9-19(28)13-21(20)29/h9-10,13,15-18,22H,5-8,11-12,14H2,1-4H3,(H,30,33)(H,31,37)(H,32,35)/t17-,18+,22+/m1/s1. The second kappa shape index (κ2) is 12.8. The SMILES string of the molecule is CC(C)CCC(=O)N[C@@H](CC(=O)N1CCCC[C@H]1C)C(=O)N[C@@H](C)c1ncc(-c2ccc(F)cc2F)[nH]1. The molecule has 3 N–H and O–H groups in total. The van der Waals surface area contributed by atoms with Crippen molar-refractivity contribution in [1.82, 2.24) is 25.5 Å². The minimum atomic E-state index is -1.03. The third kappa shape index (κ3) is 7.84. The normalized spacial score (nSPS) is 17.4. The molecule has 1 aromatic carbocycles. The number of aromatic amines is 1. The van der Waals surface area contributed by atoms with Crippen LogP contribution >= 0.6 is 0 Å². The first kappa shape index (κ1) is 28.3. The van der Waals surface area contributed by atoms with E-state index in [1.54, 1.807) is 11.8 Å². The molecule has 37 heavy (non-hydrogen) atoms. The number of benzene rings is 1. The fourth-order valence-corrected chi connectivity index (χ4v) is 4.44. The molecule has 3 rings (SSSR count). The van der Waals surface area contributed by atoms with E-state index in [2.05, 4.69) is 20.6 Å². The van der Waals surface area contributed by atoms with Gasteiger partial charge in [0, 0.05) is 30.6 Å². The van der Waals surface area contributed by atoms with Gasteiger partial charge in [-0.2, -0.15) is 0 Å². The molecule has 202 valence electrons. The smallest absolute Gasteiger partial charge is 0.243 e. The highest BCUT2D eigenvalue weighted by Gasteiger charge is 2.30. The minimum absolute atomic E-state index is 0.0916. The molecule has 0 radical (unpaired) electrons. The van der Waals surface area contributed by atoms with Gasteiger partial charge in [0.05, 0.1) is 24.4 Å². The van der Waals surface area contributed by atoms with Crippen molar-refractivity contribution in [1.29, 1.82) is 0 Å². The van der Waals surface area contributed by atoms with Crippen molar-refractivity contribution in [3.63, 3.8) is 0 Å². The van der Waals surface area contributed by atoms with Gasteiger partial charge in [-0.05, 0) is 57.6 Å². The Hall–Kier alpha value is -3.30. The molecule has 3 atom stereocenters. The molecule has 1 fully saturated rings. The summed E-state index contributed by atoms with van der Waals surface area (Å²) in [6, 6.07) is 1.68. The van der Waals surface area contributed by atoms with Crippen LogP contribution in [0.3, 0.4) is 0 Å². The number of rotatable bonds is 10. The predicted molar refractivity (Wildman–Crippen MR) is 136 cm³/mol. The van der Waals surface area contributed by atoms with Gasteiger partial charge < -0.3 is 20.5 Å². The van der Waals surface area contributed by atoms with Crippen LogP contribution in [-0.4, -0.2) is 51.2 Å². The Morgan fingerprint density at radius 3 is 2.59 bits per heavy atom. The van der Waals surface area contributed by atoms with Gasteiger partial charge in [-0.3, -0.25) is 14.4 Å². The number of likely N-dealkylation sites (tertiary alicyclic amines) is 1. The van der Waals surface area contributed by atoms with Crippen LogP contribution in [0, 0.1) is 17.6 Å². The van der Waals surface area contributed by atoms with E-state index in [0.29, 0.717) is 30.4 Å². The topological polar surface area (TPSA) is 107 Å². The lowest BCUT2D eigenvalue weighted by Gasteiger charge is -2.34. The van der Waals surface area contributed by atoms with Crippen LogP contribution in [-0.2, 0) is 14.4 Å². The molecular formula is C27H37F2N5O3. The van der Waals surface area contributed by atoms with Crippen LogP contribution in [0.15, 0.2) is 24.4 Å². The molecule has 10 heteroatoms. The van der Waals surface area contributed by atoms with Gasteiger partial charge >= 0.3 is 0 Å². The summed E-state index contributed by atoms with van der Waals surface area (Å²) in [6.45, 7) is 8.34. The van der Waals surface area contributed by atoms with E-state index in [9.17, 15) is 23.2 Å². The molecule has 2 aromatic rings. The second-order valence-electron chi connectivity index (χ2n) is 10.2. The van der Waals surface area contributed by atoms with Crippen molar-refractivity contribution in [2.45, 2.75) is 84.3 Å². The number of H-pyrrole nitrogens is 1. The van der Waals surface area contributed by atoms with Gasteiger partial charge in [-0.15, -0.1) is 0 Å². The number of aromatic nitrogens is 2. The molecule has 0 bridgehead atoms. The number of nitrogens with one attached hydrogen (secondary N) is 3. The Balaban J connectivity index is 1.70. The fourth-order valence-electron chi connectivity index (χ4n) is 4.44. The molecule has 1 saturated heterocycles. The molecule has 0 saturated carbocycles. The van der Waals surface area contributed by atoms with E-state index in [-0.39, 0.29) is 36.3 Å². The maximum atomic E-state index is 14.2. The number of imidazole rings is 1. The molecule has 1 aromatic heterocycles. The van der Waals surface area contributed by atoms with Crippen LogP contribution in [0.4, 0.5) is 8.78 Å². The average Bonchev–Trinajstić information content (AvgIpc) is 3.32. The highest BCUT2D eigenvalue weighted by atomic mass is 19.1. The van der Waals surface area contributed by atoms with E-state index < -0.39 is 29.6 Å². The third-order valence-corrected chi connectivity index (χ3v) is 6.69. The zero-order valence-corrected chi connectivity index (χ0v) is 21.9. The van der Waals surface area contributed by atoms with Gasteiger partial charge in [0.1, 0.15) is 23.5 Å². The van der Waals surface area contributed by atoms with E-state index >= 15 is 0 Å². The first-order valence-electron chi connectivity index (χ1n) is 12.9. The number of hydrogen-bond donors (Lipinski definition) is 3. The number of carbonyl (C=O) groups is 3. The van der Waals surface area contributed by atoms with Gasteiger partial charge in [-0.1, -0.05) is 13.8 Å². The fraction of sp³-hybridized carbons (Fsp3) is 0.556. The summed E-state index contributed by atoms with van der Waals surface area (Å²) in [5.74, 6) is -1.70. The molecule has 1 aliphatic heterocycles. The number of hydrogen-bond acceptors (Lipinski definition) is 4. The Labute approximate surface area is 216 Å². The molecule has 8 nitrogen and oxygen atoms in total. The van der Waals surface area contributed by atoms with Crippen LogP contribution in [0.1, 0.15) is 78.1 Å². The minimum Gasteiger partial charge on any atom is -0.345 e. The molecular weight excluding hydrogens is 480 g/mol. The Morgan fingerprint density at radius 2 is 1.92 bits per heavy atom. The van der Waals surface area contributed by atoms with Crippen LogP contribution in [0.5, 0.6) is 0 Å². The lowest BCUT2D eigenvalue weighted by atomic mass is 10.0. The molecule has 1 aliphatic rings. The highest BCUT2D eigenvalue weighted by Crippen LogP contribution is 2.23. The van der Waals surface area contributed by atoms with Crippen LogP contribution < -0.4 is 10.6 Å². The first-order valence-corrected chi connectivity index (χ1v) is 12.9. The number of nitrogens with zero attached hydrogens (tertiary/aromatic N) is 2. The Morgan fingerprint density at radius 1 is 1.16 bits per heavy atom. The maximum Gasteiger partial charge on any atom is 0.243 e. The number of halogens is 2. The number of piperidine rings is 1. The van der Waals surface area contributed by atoms with Crippen molar-refractivity contribution < 1.29 is 23.2 Å². The summed E-state index contributed by atoms with van der Waals surface area (Å²) in [5, 5.41) is 5.55. The predicted octanol–water partition coefficient (Wildman–Crippen LogP) is 4.24. The Kier molecular flexibility index (Phi) is 9.77. The van der Waals surface area contributed by atoms with Crippen molar-refractivity contribution in [2.75, 3.05) is 6.54 Å². The summed E-state index contributed by atoms with van der Waals surface area (Å²) in [5.41, 5.74) is 0.483. The van der Waals surface area contributed by atoms with Gasteiger partial charge in [0.15, 0.2) is 0 Å². The monoisotopic (exact) mass is 517 g/mol. The summed E-state index contributed by atoms with van der Waals surface area (Å²) in [6.07, 6.45) is 5.08. The number of carbonyl (C=O) groups excluding carboxylic acids is 3.